The Morgan fingerprint density at radius 2 is 1.58 bits per heavy atom. The predicted molar refractivity (Wildman–Crippen MR) is 64.1 cm³/mol. The number of hydrogen-bond acceptors (Lipinski definition) is 7. The lowest BCUT2D eigenvalue weighted by atomic mass is 10.2. The monoisotopic (exact) mass is 276 g/mol. The molecule has 0 fully saturated rings. The molecule has 0 aromatic carbocycles. The summed E-state index contributed by atoms with van der Waals surface area (Å²) in [6.07, 6.45) is -0.429. The van der Waals surface area contributed by atoms with E-state index in [1.165, 1.54) is 14.0 Å². The lowest BCUT2D eigenvalue weighted by molar-refractivity contribution is -0.168. The minimum atomic E-state index is -0.993. The lowest BCUT2D eigenvalue weighted by Gasteiger charge is -2.13. The third-order valence-corrected chi connectivity index (χ3v) is 2.06. The highest BCUT2D eigenvalue weighted by atomic mass is 16.8. The van der Waals surface area contributed by atoms with E-state index in [9.17, 15) is 14.4 Å². The van der Waals surface area contributed by atoms with Gasteiger partial charge in [-0.05, 0) is 19.8 Å². The van der Waals surface area contributed by atoms with Gasteiger partial charge in [-0.1, -0.05) is 0 Å². The van der Waals surface area contributed by atoms with Gasteiger partial charge >= 0.3 is 18.1 Å². The van der Waals surface area contributed by atoms with E-state index in [1.54, 1.807) is 6.92 Å². The summed E-state index contributed by atoms with van der Waals surface area (Å²) in [6.45, 7) is 3.25. The van der Waals surface area contributed by atoms with Crippen molar-refractivity contribution in [3.05, 3.63) is 0 Å². The van der Waals surface area contributed by atoms with Gasteiger partial charge in [0.15, 0.2) is 0 Å². The predicted octanol–water partition coefficient (Wildman–Crippen LogP) is 1.78. The maximum Gasteiger partial charge on any atom is 0.511 e. The second-order valence-corrected chi connectivity index (χ2v) is 3.64. The quantitative estimate of drug-likeness (QED) is 0.289. The highest BCUT2D eigenvalue weighted by molar-refractivity contribution is 5.70. The molecule has 1 atom stereocenters. The van der Waals surface area contributed by atoms with Crippen LogP contribution in [0.5, 0.6) is 0 Å². The zero-order chi connectivity index (χ0) is 14.7. The fourth-order valence-corrected chi connectivity index (χ4v) is 1.20. The van der Waals surface area contributed by atoms with E-state index in [4.69, 9.17) is 4.74 Å². The van der Waals surface area contributed by atoms with Crippen molar-refractivity contribution in [2.45, 2.75) is 45.8 Å². The molecule has 0 rings (SSSR count). The molecule has 7 nitrogen and oxygen atoms in total. The number of esters is 2. The lowest BCUT2D eigenvalue weighted by Crippen LogP contribution is -2.22. The van der Waals surface area contributed by atoms with Crippen LogP contribution in [0.25, 0.3) is 0 Å². The summed E-state index contributed by atoms with van der Waals surface area (Å²) in [5, 5.41) is 0. The molecule has 0 saturated carbocycles. The number of ether oxygens (including phenoxy) is 4. The first-order chi connectivity index (χ1) is 8.99. The maximum absolute atomic E-state index is 11.3. The van der Waals surface area contributed by atoms with Gasteiger partial charge in [0.05, 0.1) is 13.7 Å². The third kappa shape index (κ3) is 9.87. The number of carbonyl (C=O) groups excluding carboxylic acids is 3. The van der Waals surface area contributed by atoms with Crippen LogP contribution in [0.3, 0.4) is 0 Å². The van der Waals surface area contributed by atoms with Crippen molar-refractivity contribution in [3.63, 3.8) is 0 Å². The highest BCUT2D eigenvalue weighted by Gasteiger charge is 2.14. The average Bonchev–Trinajstić information content (AvgIpc) is 2.34. The smallest absolute Gasteiger partial charge is 0.469 e. The Balaban J connectivity index is 3.67. The zero-order valence-corrected chi connectivity index (χ0v) is 11.5. The van der Waals surface area contributed by atoms with E-state index in [-0.39, 0.29) is 25.4 Å². The molecule has 0 aliphatic rings. The van der Waals surface area contributed by atoms with Crippen molar-refractivity contribution in [3.8, 4) is 0 Å². The van der Waals surface area contributed by atoms with E-state index in [0.717, 1.165) is 0 Å². The van der Waals surface area contributed by atoms with Gasteiger partial charge in [0.25, 0.3) is 0 Å². The van der Waals surface area contributed by atoms with Gasteiger partial charge < -0.3 is 18.9 Å². The van der Waals surface area contributed by atoms with Gasteiger partial charge in [-0.25, -0.2) is 4.79 Å². The van der Waals surface area contributed by atoms with Crippen LogP contribution in [0.2, 0.25) is 0 Å². The molecule has 19 heavy (non-hydrogen) atoms. The molecular formula is C12H20O7. The van der Waals surface area contributed by atoms with Gasteiger partial charge in [0, 0.05) is 19.8 Å². The van der Waals surface area contributed by atoms with E-state index in [0.29, 0.717) is 12.8 Å². The summed E-state index contributed by atoms with van der Waals surface area (Å²) in [6, 6.07) is 0. The molecule has 0 aliphatic heterocycles. The Bertz CT molecular complexity index is 300. The van der Waals surface area contributed by atoms with Crippen molar-refractivity contribution in [1.82, 2.24) is 0 Å². The van der Waals surface area contributed by atoms with E-state index < -0.39 is 18.4 Å². The number of rotatable bonds is 8. The summed E-state index contributed by atoms with van der Waals surface area (Å²) in [5.74, 6) is -0.811. The molecule has 1 unspecified atom stereocenters. The highest BCUT2D eigenvalue weighted by Crippen LogP contribution is 2.05. The number of carbonyl (C=O) groups is 3. The fourth-order valence-electron chi connectivity index (χ4n) is 1.20. The largest absolute Gasteiger partial charge is 0.511 e. The van der Waals surface area contributed by atoms with Gasteiger partial charge in [-0.15, -0.1) is 0 Å². The normalized spacial score (nSPS) is 11.3. The van der Waals surface area contributed by atoms with Crippen LogP contribution < -0.4 is 0 Å². The summed E-state index contributed by atoms with van der Waals surface area (Å²) in [7, 11) is 1.31. The van der Waals surface area contributed by atoms with E-state index in [2.05, 4.69) is 14.2 Å². The van der Waals surface area contributed by atoms with Gasteiger partial charge in [0.2, 0.25) is 6.29 Å². The van der Waals surface area contributed by atoms with Crippen LogP contribution in [-0.4, -0.2) is 38.1 Å². The summed E-state index contributed by atoms with van der Waals surface area (Å²) < 4.78 is 18.5. The van der Waals surface area contributed by atoms with E-state index >= 15 is 0 Å². The summed E-state index contributed by atoms with van der Waals surface area (Å²) in [5.41, 5.74) is 0. The van der Waals surface area contributed by atoms with Crippen molar-refractivity contribution in [2.24, 2.45) is 0 Å². The van der Waals surface area contributed by atoms with Gasteiger partial charge in [-0.3, -0.25) is 9.59 Å². The zero-order valence-electron chi connectivity index (χ0n) is 11.5. The Hall–Kier alpha value is -1.79. The molecule has 0 aliphatic carbocycles. The topological polar surface area (TPSA) is 88.1 Å². The van der Waals surface area contributed by atoms with Crippen LogP contribution in [0.15, 0.2) is 0 Å². The first kappa shape index (κ1) is 17.2. The first-order valence-corrected chi connectivity index (χ1v) is 6.09. The fraction of sp³-hybridized carbons (Fsp3) is 0.750. The first-order valence-electron chi connectivity index (χ1n) is 6.09. The molecule has 0 bridgehead atoms. The summed E-state index contributed by atoms with van der Waals surface area (Å²) in [4.78, 5) is 33.1. The molecular weight excluding hydrogens is 256 g/mol. The maximum atomic E-state index is 11.3. The number of unbranched alkanes of at least 4 members (excludes halogenated alkanes) is 1. The van der Waals surface area contributed by atoms with Crippen molar-refractivity contribution >= 4 is 18.1 Å². The van der Waals surface area contributed by atoms with Crippen LogP contribution in [0, 0.1) is 0 Å². The van der Waals surface area contributed by atoms with Crippen molar-refractivity contribution in [1.29, 1.82) is 0 Å². The van der Waals surface area contributed by atoms with Crippen molar-refractivity contribution in [2.75, 3.05) is 13.7 Å². The van der Waals surface area contributed by atoms with Crippen LogP contribution >= 0.6 is 0 Å². The molecule has 0 amide bonds. The minimum absolute atomic E-state index is 0.146. The third-order valence-electron chi connectivity index (χ3n) is 2.06. The molecule has 0 heterocycles. The Kier molecular flexibility index (Phi) is 9.20. The van der Waals surface area contributed by atoms with E-state index in [1.807, 2.05) is 0 Å². The van der Waals surface area contributed by atoms with Crippen LogP contribution in [0.4, 0.5) is 4.79 Å². The van der Waals surface area contributed by atoms with Gasteiger partial charge in [-0.2, -0.15) is 0 Å². The molecule has 0 spiro atoms. The second-order valence-electron chi connectivity index (χ2n) is 3.64. The Morgan fingerprint density at radius 3 is 2.11 bits per heavy atom. The summed E-state index contributed by atoms with van der Waals surface area (Å²) >= 11 is 0. The number of methoxy groups -OCH3 is 1. The Labute approximate surface area is 112 Å². The SMILES string of the molecule is CCOC(=O)OC(C)OC(=O)CCCCC(=O)OC. The average molecular weight is 276 g/mol. The Morgan fingerprint density at radius 1 is 1.00 bits per heavy atom. The molecule has 0 radical (unpaired) electrons. The number of hydrogen-bond donors (Lipinski definition) is 0. The van der Waals surface area contributed by atoms with Crippen molar-refractivity contribution < 1.29 is 33.3 Å². The van der Waals surface area contributed by atoms with Gasteiger partial charge in [0.1, 0.15) is 0 Å². The molecule has 0 aromatic rings. The second kappa shape index (κ2) is 10.2. The minimum Gasteiger partial charge on any atom is -0.469 e. The van der Waals surface area contributed by atoms with Crippen LogP contribution in [0.1, 0.15) is 39.5 Å². The van der Waals surface area contributed by atoms with Crippen LogP contribution in [-0.2, 0) is 28.5 Å². The molecule has 0 aromatic heterocycles. The molecule has 0 saturated heterocycles. The molecule has 7 heteroatoms. The molecule has 110 valence electrons. The molecule has 0 N–H and O–H groups in total. The standard InChI is InChI=1S/C12H20O7/c1-4-17-12(15)19-9(2)18-11(14)8-6-5-7-10(13)16-3/h9H,4-8H2,1-3H3.